The zero-order chi connectivity index (χ0) is 17.5. The number of carbonyl (C=O) groups excluding carboxylic acids is 1. The van der Waals surface area contributed by atoms with Crippen molar-refractivity contribution in [1.29, 1.82) is 0 Å². The second-order valence-electron chi connectivity index (χ2n) is 5.04. The summed E-state index contributed by atoms with van der Waals surface area (Å²) in [6.07, 6.45) is -0.0262. The zero-order valence-corrected chi connectivity index (χ0v) is 14.2. The van der Waals surface area contributed by atoms with Crippen LogP contribution in [-0.4, -0.2) is 35.9 Å². The summed E-state index contributed by atoms with van der Waals surface area (Å²) >= 11 is 6.08. The first-order valence-electron chi connectivity index (χ1n) is 7.41. The minimum absolute atomic E-state index is 0.0733. The van der Waals surface area contributed by atoms with E-state index in [0.717, 1.165) is 0 Å². The lowest BCUT2D eigenvalue weighted by molar-refractivity contribution is 0.0904. The van der Waals surface area contributed by atoms with Crippen LogP contribution in [0.1, 0.15) is 29.6 Å². The van der Waals surface area contributed by atoms with Crippen LogP contribution >= 0.6 is 11.6 Å². The molecule has 1 heterocycles. The van der Waals surface area contributed by atoms with Gasteiger partial charge in [0.2, 0.25) is 0 Å². The molecule has 1 aromatic heterocycles. The molecule has 0 spiro atoms. The molecule has 0 saturated heterocycles. The summed E-state index contributed by atoms with van der Waals surface area (Å²) in [6.45, 7) is 2.06. The number of benzene rings is 1. The van der Waals surface area contributed by atoms with Crippen molar-refractivity contribution in [3.05, 3.63) is 40.7 Å². The van der Waals surface area contributed by atoms with Crippen molar-refractivity contribution in [2.75, 3.05) is 13.7 Å². The Morgan fingerprint density at radius 3 is 2.92 bits per heavy atom. The van der Waals surface area contributed by atoms with Crippen LogP contribution in [0.2, 0.25) is 5.02 Å². The van der Waals surface area contributed by atoms with E-state index in [1.165, 1.54) is 6.07 Å². The monoisotopic (exact) mass is 354 g/mol. The van der Waals surface area contributed by atoms with Crippen molar-refractivity contribution in [3.63, 3.8) is 0 Å². The molecule has 0 radical (unpaired) electrons. The molecule has 7 nitrogen and oxygen atoms in total. The normalized spacial score (nSPS) is 11.8. The third-order valence-corrected chi connectivity index (χ3v) is 3.57. The van der Waals surface area contributed by atoms with Gasteiger partial charge in [-0.2, -0.15) is 0 Å². The summed E-state index contributed by atoms with van der Waals surface area (Å²) in [5, 5.41) is 16.1. The second kappa shape index (κ2) is 8.56. The van der Waals surface area contributed by atoms with Crippen molar-refractivity contribution in [2.45, 2.75) is 26.1 Å². The topological polar surface area (TPSA) is 93.8 Å². The number of hydrogen-bond donors (Lipinski definition) is 2. The number of nitrogens with zero attached hydrogens (tertiary/aromatic N) is 1. The van der Waals surface area contributed by atoms with E-state index in [9.17, 15) is 9.90 Å². The Kier molecular flexibility index (Phi) is 6.45. The molecule has 0 aliphatic heterocycles. The summed E-state index contributed by atoms with van der Waals surface area (Å²) in [5.41, 5.74) is 0.123. The van der Waals surface area contributed by atoms with Crippen molar-refractivity contribution >= 4 is 17.5 Å². The molecule has 2 aromatic rings. The number of amides is 1. The Hall–Kier alpha value is -2.25. The van der Waals surface area contributed by atoms with Crippen molar-refractivity contribution in [1.82, 2.24) is 10.5 Å². The Bertz CT molecular complexity index is 689. The van der Waals surface area contributed by atoms with Crippen LogP contribution in [0.25, 0.3) is 0 Å². The van der Waals surface area contributed by atoms with Gasteiger partial charge in [0.05, 0.1) is 18.2 Å². The summed E-state index contributed by atoms with van der Waals surface area (Å²) in [7, 11) is 1.55. The maximum absolute atomic E-state index is 11.9. The van der Waals surface area contributed by atoms with Crippen molar-refractivity contribution in [2.24, 2.45) is 0 Å². The van der Waals surface area contributed by atoms with Gasteiger partial charge in [0.1, 0.15) is 18.1 Å². The van der Waals surface area contributed by atoms with Crippen LogP contribution in [0, 0.1) is 0 Å². The van der Waals surface area contributed by atoms with Crippen LogP contribution in [-0.2, 0) is 6.61 Å². The fraction of sp³-hybridized carbons (Fsp3) is 0.375. The maximum Gasteiger partial charge on any atom is 0.273 e. The number of ether oxygens (including phenoxy) is 2. The fourth-order valence-electron chi connectivity index (χ4n) is 1.81. The van der Waals surface area contributed by atoms with Gasteiger partial charge >= 0.3 is 0 Å². The largest absolute Gasteiger partial charge is 0.497 e. The van der Waals surface area contributed by atoms with Gasteiger partial charge in [-0.3, -0.25) is 4.79 Å². The van der Waals surface area contributed by atoms with E-state index < -0.39 is 12.0 Å². The van der Waals surface area contributed by atoms with E-state index in [2.05, 4.69) is 10.5 Å². The molecule has 0 unspecified atom stereocenters. The Morgan fingerprint density at radius 1 is 1.46 bits per heavy atom. The van der Waals surface area contributed by atoms with E-state index in [-0.39, 0.29) is 18.8 Å². The summed E-state index contributed by atoms with van der Waals surface area (Å²) in [6, 6.07) is 6.51. The SMILES string of the molecule is CC[C@@H](O)CNC(=O)c1cc(COc2ccc(OC)cc2Cl)on1. The van der Waals surface area contributed by atoms with E-state index >= 15 is 0 Å². The van der Waals surface area contributed by atoms with Crippen LogP contribution in [0.15, 0.2) is 28.8 Å². The molecule has 0 fully saturated rings. The van der Waals surface area contributed by atoms with Crippen LogP contribution in [0.4, 0.5) is 0 Å². The molecule has 0 aliphatic rings. The van der Waals surface area contributed by atoms with Gasteiger partial charge in [-0.1, -0.05) is 23.7 Å². The number of aromatic nitrogens is 1. The average Bonchev–Trinajstić information content (AvgIpc) is 3.07. The van der Waals surface area contributed by atoms with E-state index in [1.54, 1.807) is 25.3 Å². The van der Waals surface area contributed by atoms with E-state index in [4.69, 9.17) is 25.6 Å². The number of aliphatic hydroxyl groups is 1. The molecule has 1 aromatic carbocycles. The lowest BCUT2D eigenvalue weighted by Gasteiger charge is -2.07. The highest BCUT2D eigenvalue weighted by atomic mass is 35.5. The fourth-order valence-corrected chi connectivity index (χ4v) is 2.03. The van der Waals surface area contributed by atoms with Gasteiger partial charge in [-0.25, -0.2) is 0 Å². The number of halogens is 1. The molecule has 130 valence electrons. The molecule has 8 heteroatoms. The third-order valence-electron chi connectivity index (χ3n) is 3.27. The minimum atomic E-state index is -0.583. The quantitative estimate of drug-likeness (QED) is 0.756. The molecule has 24 heavy (non-hydrogen) atoms. The lowest BCUT2D eigenvalue weighted by atomic mass is 10.2. The van der Waals surface area contributed by atoms with E-state index in [0.29, 0.717) is 28.7 Å². The zero-order valence-electron chi connectivity index (χ0n) is 13.4. The van der Waals surface area contributed by atoms with Gasteiger partial charge in [0.25, 0.3) is 5.91 Å². The Morgan fingerprint density at radius 2 is 2.25 bits per heavy atom. The Balaban J connectivity index is 1.90. The highest BCUT2D eigenvalue weighted by molar-refractivity contribution is 6.32. The van der Waals surface area contributed by atoms with Gasteiger partial charge < -0.3 is 24.4 Å². The summed E-state index contributed by atoms with van der Waals surface area (Å²) in [5.74, 6) is 1.05. The first kappa shape index (κ1) is 18.1. The first-order chi connectivity index (χ1) is 11.5. The predicted octanol–water partition coefficient (Wildman–Crippen LogP) is 2.42. The molecule has 1 atom stereocenters. The van der Waals surface area contributed by atoms with Gasteiger partial charge in [0.15, 0.2) is 11.5 Å². The van der Waals surface area contributed by atoms with Crippen LogP contribution < -0.4 is 14.8 Å². The smallest absolute Gasteiger partial charge is 0.273 e. The third kappa shape index (κ3) is 4.87. The van der Waals surface area contributed by atoms with E-state index in [1.807, 2.05) is 6.92 Å². The molecule has 0 bridgehead atoms. The van der Waals surface area contributed by atoms with Crippen LogP contribution in [0.5, 0.6) is 11.5 Å². The van der Waals surface area contributed by atoms with Gasteiger partial charge in [0, 0.05) is 18.7 Å². The number of nitrogens with one attached hydrogen (secondary N) is 1. The predicted molar refractivity (Wildman–Crippen MR) is 87.5 cm³/mol. The molecule has 0 aliphatic carbocycles. The molecular weight excluding hydrogens is 336 g/mol. The lowest BCUT2D eigenvalue weighted by Crippen LogP contribution is -2.31. The van der Waals surface area contributed by atoms with Gasteiger partial charge in [-0.15, -0.1) is 0 Å². The minimum Gasteiger partial charge on any atom is -0.497 e. The number of carbonyl (C=O) groups is 1. The average molecular weight is 355 g/mol. The molecule has 2 rings (SSSR count). The number of aliphatic hydroxyl groups excluding tert-OH is 1. The molecule has 1 amide bonds. The highest BCUT2D eigenvalue weighted by Gasteiger charge is 2.14. The summed E-state index contributed by atoms with van der Waals surface area (Å²) in [4.78, 5) is 11.9. The van der Waals surface area contributed by atoms with Crippen molar-refractivity contribution < 1.29 is 23.9 Å². The van der Waals surface area contributed by atoms with Gasteiger partial charge in [-0.05, 0) is 18.6 Å². The summed E-state index contributed by atoms with van der Waals surface area (Å²) < 4.78 is 15.7. The standard InChI is InChI=1S/C16H19ClN2O5/c1-3-10(20)8-18-16(21)14-7-12(24-19-14)9-23-15-5-4-11(22-2)6-13(15)17/h4-7,10,20H,3,8-9H2,1-2H3,(H,18,21)/t10-/m1/s1. The molecule has 2 N–H and O–H groups in total. The molecule has 0 saturated carbocycles. The number of rotatable bonds is 8. The number of methoxy groups -OCH3 is 1. The Labute approximate surface area is 144 Å². The van der Waals surface area contributed by atoms with Crippen LogP contribution in [0.3, 0.4) is 0 Å². The molecular formula is C16H19ClN2O5. The first-order valence-corrected chi connectivity index (χ1v) is 7.79. The second-order valence-corrected chi connectivity index (χ2v) is 5.44. The highest BCUT2D eigenvalue weighted by Crippen LogP contribution is 2.29. The number of hydrogen-bond acceptors (Lipinski definition) is 6. The van der Waals surface area contributed by atoms with Crippen molar-refractivity contribution in [3.8, 4) is 11.5 Å². The maximum atomic E-state index is 11.9.